The van der Waals surface area contributed by atoms with E-state index in [0.717, 1.165) is 27.3 Å². The minimum Gasteiger partial charge on any atom is -0.342 e. The second-order valence-electron chi connectivity index (χ2n) is 7.02. The molecule has 0 radical (unpaired) electrons. The molecule has 5 nitrogen and oxygen atoms in total. The topological polar surface area (TPSA) is 59.8 Å². The molecular formula is C21H22Cl2N4OS. The van der Waals surface area contributed by atoms with Gasteiger partial charge in [0, 0.05) is 28.4 Å². The summed E-state index contributed by atoms with van der Waals surface area (Å²) in [6.07, 6.45) is 0. The third-order valence-corrected chi connectivity index (χ3v) is 6.08. The van der Waals surface area contributed by atoms with Gasteiger partial charge in [-0.25, -0.2) is 0 Å². The maximum Gasteiger partial charge on any atom is 0.251 e. The van der Waals surface area contributed by atoms with E-state index in [0.29, 0.717) is 10.6 Å². The van der Waals surface area contributed by atoms with E-state index in [2.05, 4.69) is 15.5 Å². The summed E-state index contributed by atoms with van der Waals surface area (Å²) >= 11 is 13.4. The van der Waals surface area contributed by atoms with Crippen LogP contribution in [-0.2, 0) is 12.8 Å². The van der Waals surface area contributed by atoms with E-state index < -0.39 is 0 Å². The number of halogens is 2. The van der Waals surface area contributed by atoms with Crippen LogP contribution in [0.15, 0.2) is 53.7 Å². The number of hydrogen-bond acceptors (Lipinski definition) is 4. The Morgan fingerprint density at radius 2 is 1.62 bits per heavy atom. The molecule has 0 saturated carbocycles. The van der Waals surface area contributed by atoms with E-state index in [1.54, 1.807) is 36.0 Å². The number of nitrogens with zero attached hydrogens (tertiary/aromatic N) is 3. The summed E-state index contributed by atoms with van der Waals surface area (Å²) in [7, 11) is 1.92. The molecule has 0 aliphatic rings. The molecule has 0 fully saturated rings. The number of benzene rings is 2. The molecule has 3 aromatic rings. The van der Waals surface area contributed by atoms with Crippen molar-refractivity contribution in [1.29, 1.82) is 0 Å². The zero-order valence-electron chi connectivity index (χ0n) is 16.4. The van der Waals surface area contributed by atoms with Crippen LogP contribution in [0.25, 0.3) is 0 Å². The number of thioether (sulfide) groups is 1. The summed E-state index contributed by atoms with van der Waals surface area (Å²) in [6, 6.07) is 14.3. The fraction of sp³-hybridized carbons (Fsp3) is 0.286. The van der Waals surface area contributed by atoms with Crippen molar-refractivity contribution in [2.75, 3.05) is 0 Å². The Bertz CT molecular complexity index is 971. The van der Waals surface area contributed by atoms with Gasteiger partial charge in [0.05, 0.1) is 6.04 Å². The SMILES string of the molecule is CC(C)[C@@H](NC(=O)c1ccc(Cl)cc1)c1nnc(SCc2ccc(Cl)cc2)n1C. The van der Waals surface area contributed by atoms with Crippen LogP contribution >= 0.6 is 35.0 Å². The molecule has 0 bridgehead atoms. The van der Waals surface area contributed by atoms with Crippen LogP contribution in [0.4, 0.5) is 0 Å². The quantitative estimate of drug-likeness (QED) is 0.481. The average molecular weight is 449 g/mol. The van der Waals surface area contributed by atoms with Gasteiger partial charge in [0.15, 0.2) is 11.0 Å². The Kier molecular flexibility index (Phi) is 7.22. The zero-order valence-corrected chi connectivity index (χ0v) is 18.7. The molecule has 1 N–H and O–H groups in total. The average Bonchev–Trinajstić information content (AvgIpc) is 3.06. The monoisotopic (exact) mass is 448 g/mol. The lowest BCUT2D eigenvalue weighted by molar-refractivity contribution is 0.0922. The fourth-order valence-electron chi connectivity index (χ4n) is 2.81. The summed E-state index contributed by atoms with van der Waals surface area (Å²) in [4.78, 5) is 12.7. The number of amides is 1. The standard InChI is InChI=1S/C21H22Cl2N4OS/c1-13(2)18(24-20(28)15-6-10-17(23)11-7-15)19-25-26-21(27(19)3)29-12-14-4-8-16(22)9-5-14/h4-11,13,18H,12H2,1-3H3,(H,24,28)/t18-/m1/s1. The number of hydrogen-bond donors (Lipinski definition) is 1. The van der Waals surface area contributed by atoms with Gasteiger partial charge in [0.25, 0.3) is 5.91 Å². The Morgan fingerprint density at radius 3 is 2.21 bits per heavy atom. The van der Waals surface area contributed by atoms with E-state index in [9.17, 15) is 4.79 Å². The summed E-state index contributed by atoms with van der Waals surface area (Å²) in [5.74, 6) is 1.45. The number of carbonyl (C=O) groups excluding carboxylic acids is 1. The molecule has 2 aromatic carbocycles. The molecular weight excluding hydrogens is 427 g/mol. The molecule has 0 spiro atoms. The van der Waals surface area contributed by atoms with Gasteiger partial charge in [-0.3, -0.25) is 4.79 Å². The lowest BCUT2D eigenvalue weighted by atomic mass is 10.0. The third-order valence-electron chi connectivity index (χ3n) is 4.49. The van der Waals surface area contributed by atoms with Crippen LogP contribution in [-0.4, -0.2) is 20.7 Å². The van der Waals surface area contributed by atoms with Crippen molar-refractivity contribution in [1.82, 2.24) is 20.1 Å². The van der Waals surface area contributed by atoms with E-state index in [1.165, 1.54) is 0 Å². The van der Waals surface area contributed by atoms with Crippen LogP contribution in [0.5, 0.6) is 0 Å². The fourth-order valence-corrected chi connectivity index (χ4v) is 3.93. The van der Waals surface area contributed by atoms with E-state index in [1.807, 2.05) is 49.7 Å². The second-order valence-corrected chi connectivity index (χ2v) is 8.83. The van der Waals surface area contributed by atoms with E-state index >= 15 is 0 Å². The summed E-state index contributed by atoms with van der Waals surface area (Å²) in [5, 5.41) is 13.9. The molecule has 8 heteroatoms. The molecule has 1 aromatic heterocycles. The van der Waals surface area contributed by atoms with Crippen molar-refractivity contribution in [3.63, 3.8) is 0 Å². The molecule has 0 aliphatic heterocycles. The predicted molar refractivity (Wildman–Crippen MR) is 119 cm³/mol. The van der Waals surface area contributed by atoms with E-state index in [4.69, 9.17) is 23.2 Å². The summed E-state index contributed by atoms with van der Waals surface area (Å²) in [6.45, 7) is 4.09. The minimum atomic E-state index is -0.263. The van der Waals surface area contributed by atoms with Crippen molar-refractivity contribution in [2.24, 2.45) is 13.0 Å². The molecule has 1 atom stereocenters. The van der Waals surface area contributed by atoms with Gasteiger partial charge < -0.3 is 9.88 Å². The highest BCUT2D eigenvalue weighted by Crippen LogP contribution is 2.26. The highest BCUT2D eigenvalue weighted by molar-refractivity contribution is 7.98. The van der Waals surface area contributed by atoms with Crippen LogP contribution in [0.3, 0.4) is 0 Å². The van der Waals surface area contributed by atoms with Gasteiger partial charge in [-0.1, -0.05) is 60.9 Å². The Morgan fingerprint density at radius 1 is 1.03 bits per heavy atom. The van der Waals surface area contributed by atoms with Crippen molar-refractivity contribution in [3.05, 3.63) is 75.5 Å². The van der Waals surface area contributed by atoms with Crippen molar-refractivity contribution >= 4 is 40.9 Å². The Hall–Kier alpha value is -2.02. The normalized spacial score (nSPS) is 12.2. The predicted octanol–water partition coefficient (Wildman–Crippen LogP) is 5.54. The number of nitrogens with one attached hydrogen (secondary N) is 1. The van der Waals surface area contributed by atoms with E-state index in [-0.39, 0.29) is 17.9 Å². The Balaban J connectivity index is 1.73. The molecule has 152 valence electrons. The van der Waals surface area contributed by atoms with Crippen LogP contribution in [0.1, 0.15) is 41.6 Å². The van der Waals surface area contributed by atoms with Gasteiger partial charge >= 0.3 is 0 Å². The lowest BCUT2D eigenvalue weighted by Gasteiger charge is -2.21. The summed E-state index contributed by atoms with van der Waals surface area (Å²) in [5.41, 5.74) is 1.71. The van der Waals surface area contributed by atoms with Gasteiger partial charge in [-0.05, 0) is 47.9 Å². The maximum absolute atomic E-state index is 12.7. The first-order valence-electron chi connectivity index (χ1n) is 9.18. The van der Waals surface area contributed by atoms with Crippen molar-refractivity contribution < 1.29 is 4.79 Å². The zero-order chi connectivity index (χ0) is 21.0. The number of carbonyl (C=O) groups is 1. The second kappa shape index (κ2) is 9.65. The lowest BCUT2D eigenvalue weighted by Crippen LogP contribution is -2.33. The molecule has 29 heavy (non-hydrogen) atoms. The molecule has 1 heterocycles. The molecule has 0 saturated heterocycles. The van der Waals surface area contributed by atoms with Crippen LogP contribution in [0, 0.1) is 5.92 Å². The minimum absolute atomic E-state index is 0.142. The van der Waals surface area contributed by atoms with Gasteiger partial charge in [0.2, 0.25) is 0 Å². The Labute approximate surface area is 184 Å². The first kappa shape index (κ1) is 21.7. The smallest absolute Gasteiger partial charge is 0.251 e. The van der Waals surface area contributed by atoms with Gasteiger partial charge in [-0.2, -0.15) is 0 Å². The summed E-state index contributed by atoms with van der Waals surface area (Å²) < 4.78 is 1.94. The maximum atomic E-state index is 12.7. The number of aromatic nitrogens is 3. The molecule has 1 amide bonds. The largest absolute Gasteiger partial charge is 0.342 e. The third kappa shape index (κ3) is 5.53. The molecule has 0 unspecified atom stereocenters. The van der Waals surface area contributed by atoms with Crippen molar-refractivity contribution in [2.45, 2.75) is 30.8 Å². The first-order chi connectivity index (χ1) is 13.8. The highest BCUT2D eigenvalue weighted by atomic mass is 35.5. The molecule has 0 aliphatic carbocycles. The first-order valence-corrected chi connectivity index (χ1v) is 10.9. The van der Waals surface area contributed by atoms with Crippen LogP contribution in [0.2, 0.25) is 10.0 Å². The van der Waals surface area contributed by atoms with Crippen molar-refractivity contribution in [3.8, 4) is 0 Å². The van der Waals surface area contributed by atoms with Gasteiger partial charge in [0.1, 0.15) is 0 Å². The molecule has 3 rings (SSSR count). The van der Waals surface area contributed by atoms with Gasteiger partial charge in [-0.15, -0.1) is 10.2 Å². The highest BCUT2D eigenvalue weighted by Gasteiger charge is 2.25. The van der Waals surface area contributed by atoms with Crippen LogP contribution < -0.4 is 5.32 Å². The number of rotatable bonds is 7.